The Morgan fingerprint density at radius 3 is 2.44 bits per heavy atom. The van der Waals surface area contributed by atoms with Gasteiger partial charge >= 0.3 is 0 Å². The first-order chi connectivity index (χ1) is 29.3. The zero-order valence-corrected chi connectivity index (χ0v) is 34.4. The molecule has 0 saturated heterocycles. The fourth-order valence-corrected chi connectivity index (χ4v) is 12.7. The SMILES string of the molecule is C1=CC2=C(CC1)OC1=C(c3ccc(N(C4=c5sc6c(-c7ccccc7)cccc6c5=CCC4)C4C=CC(C5C=C6C=CCCC6=C6C=CCCC65)=CC4)cc3)C=CCC21. The summed E-state index contributed by atoms with van der Waals surface area (Å²) in [6, 6.07) is 27.5. The Labute approximate surface area is 352 Å². The number of thiophene rings is 1. The van der Waals surface area contributed by atoms with Crippen LogP contribution < -0.4 is 14.7 Å². The molecular formula is C56H49NOS. The third-order valence-electron chi connectivity index (χ3n) is 14.1. The van der Waals surface area contributed by atoms with Crippen LogP contribution in [0.1, 0.15) is 69.8 Å². The third kappa shape index (κ3) is 5.95. The van der Waals surface area contributed by atoms with Crippen molar-refractivity contribution in [2.24, 2.45) is 17.8 Å². The van der Waals surface area contributed by atoms with E-state index < -0.39 is 0 Å². The van der Waals surface area contributed by atoms with Gasteiger partial charge in [-0.25, -0.2) is 0 Å². The van der Waals surface area contributed by atoms with Gasteiger partial charge in [0.05, 0.1) is 10.6 Å². The van der Waals surface area contributed by atoms with E-state index in [1.54, 1.807) is 11.1 Å². The van der Waals surface area contributed by atoms with Crippen molar-refractivity contribution < 1.29 is 4.74 Å². The Morgan fingerprint density at radius 2 is 1.54 bits per heavy atom. The van der Waals surface area contributed by atoms with Crippen LogP contribution >= 0.6 is 11.3 Å². The number of rotatable bonds is 6. The molecule has 0 saturated carbocycles. The summed E-state index contributed by atoms with van der Waals surface area (Å²) in [7, 11) is 0. The molecule has 7 aliphatic carbocycles. The molecule has 0 amide bonds. The minimum atomic E-state index is 0.217. The molecule has 8 aliphatic rings. The number of nitrogens with zero attached hydrogens (tertiary/aromatic N) is 1. The summed E-state index contributed by atoms with van der Waals surface area (Å²) in [4.78, 5) is 2.71. The molecule has 2 heterocycles. The van der Waals surface area contributed by atoms with E-state index in [-0.39, 0.29) is 6.04 Å². The largest absolute Gasteiger partial charge is 0.464 e. The quantitative estimate of drug-likeness (QED) is 0.193. The number of benzene rings is 3. The van der Waals surface area contributed by atoms with E-state index >= 15 is 0 Å². The van der Waals surface area contributed by atoms with Gasteiger partial charge in [0.25, 0.3) is 0 Å². The summed E-state index contributed by atoms with van der Waals surface area (Å²) in [6.07, 6.45) is 42.5. The number of allylic oxidation sites excluding steroid dienone is 17. The van der Waals surface area contributed by atoms with E-state index in [9.17, 15) is 0 Å². The Bertz CT molecular complexity index is 2860. The van der Waals surface area contributed by atoms with Crippen molar-refractivity contribution in [3.8, 4) is 11.1 Å². The molecule has 0 bridgehead atoms. The molecule has 0 fully saturated rings. The summed E-state index contributed by atoms with van der Waals surface area (Å²) in [5.74, 6) is 3.67. The van der Waals surface area contributed by atoms with Gasteiger partial charge in [0.1, 0.15) is 11.5 Å². The highest BCUT2D eigenvalue weighted by Gasteiger charge is 2.36. The third-order valence-corrected chi connectivity index (χ3v) is 15.4. The number of fused-ring (bicyclic) bond motifs is 7. The molecule has 3 heteroatoms. The first kappa shape index (κ1) is 35.3. The van der Waals surface area contributed by atoms with Crippen LogP contribution in [-0.2, 0) is 4.74 Å². The zero-order chi connectivity index (χ0) is 38.9. The van der Waals surface area contributed by atoms with Gasteiger partial charge < -0.3 is 9.64 Å². The first-order valence-electron chi connectivity index (χ1n) is 22.1. The van der Waals surface area contributed by atoms with E-state index in [0.717, 1.165) is 50.7 Å². The maximum Gasteiger partial charge on any atom is 0.119 e. The number of hydrogen-bond donors (Lipinski definition) is 0. The summed E-state index contributed by atoms with van der Waals surface area (Å²) >= 11 is 1.99. The van der Waals surface area contributed by atoms with Crippen LogP contribution in [0.15, 0.2) is 185 Å². The Morgan fingerprint density at radius 1 is 0.678 bits per heavy atom. The van der Waals surface area contributed by atoms with E-state index in [4.69, 9.17) is 4.74 Å². The van der Waals surface area contributed by atoms with Gasteiger partial charge in [0.15, 0.2) is 0 Å². The molecule has 3 aromatic carbocycles. The van der Waals surface area contributed by atoms with E-state index in [1.165, 1.54) is 95.2 Å². The molecule has 1 aliphatic heterocycles. The smallest absolute Gasteiger partial charge is 0.119 e. The van der Waals surface area contributed by atoms with Crippen LogP contribution in [0.5, 0.6) is 0 Å². The second-order valence-corrected chi connectivity index (χ2v) is 18.4. The lowest BCUT2D eigenvalue weighted by atomic mass is 9.67. The molecule has 4 aromatic rings. The lowest BCUT2D eigenvalue weighted by Crippen LogP contribution is -2.40. The predicted molar refractivity (Wildman–Crippen MR) is 248 cm³/mol. The summed E-state index contributed by atoms with van der Waals surface area (Å²) in [5.41, 5.74) is 15.3. The molecule has 290 valence electrons. The second kappa shape index (κ2) is 14.6. The van der Waals surface area contributed by atoms with Gasteiger partial charge in [-0.3, -0.25) is 0 Å². The fraction of sp³-hybridized carbons (Fsp3) is 0.250. The Hall–Kier alpha value is -5.64. The number of ether oxygens (including phenoxy) is 1. The van der Waals surface area contributed by atoms with E-state index in [1.807, 2.05) is 11.3 Å². The fourth-order valence-electron chi connectivity index (χ4n) is 11.3. The maximum absolute atomic E-state index is 6.65. The van der Waals surface area contributed by atoms with Crippen LogP contribution in [0.2, 0.25) is 0 Å². The predicted octanol–water partition coefficient (Wildman–Crippen LogP) is 13.1. The lowest BCUT2D eigenvalue weighted by Gasteiger charge is -2.39. The van der Waals surface area contributed by atoms with E-state index in [0.29, 0.717) is 17.8 Å². The summed E-state index contributed by atoms with van der Waals surface area (Å²) in [5, 5.41) is 2.78. The molecule has 0 radical (unpaired) electrons. The monoisotopic (exact) mass is 783 g/mol. The van der Waals surface area contributed by atoms with Gasteiger partial charge in [0, 0.05) is 50.9 Å². The summed E-state index contributed by atoms with van der Waals surface area (Å²) in [6.45, 7) is 0. The summed E-state index contributed by atoms with van der Waals surface area (Å²) < 4.78 is 9.46. The molecule has 0 spiro atoms. The van der Waals surface area contributed by atoms with Crippen molar-refractivity contribution in [3.05, 3.63) is 200 Å². The van der Waals surface area contributed by atoms with E-state index in [2.05, 4.69) is 157 Å². The minimum absolute atomic E-state index is 0.217. The molecule has 2 nitrogen and oxygen atoms in total. The second-order valence-electron chi connectivity index (χ2n) is 17.4. The van der Waals surface area contributed by atoms with Crippen molar-refractivity contribution in [1.82, 2.24) is 0 Å². The van der Waals surface area contributed by atoms with Gasteiger partial charge in [-0.2, -0.15) is 0 Å². The van der Waals surface area contributed by atoms with Crippen LogP contribution in [-0.4, -0.2) is 6.04 Å². The van der Waals surface area contributed by atoms with Crippen molar-refractivity contribution >= 4 is 44.5 Å². The normalized spacial score (nSPS) is 25.2. The van der Waals surface area contributed by atoms with Gasteiger partial charge in [-0.05, 0) is 120 Å². The maximum atomic E-state index is 6.65. The highest BCUT2D eigenvalue weighted by Crippen LogP contribution is 2.49. The first-order valence-corrected chi connectivity index (χ1v) is 22.9. The van der Waals surface area contributed by atoms with Crippen LogP contribution in [0.4, 0.5) is 5.69 Å². The average Bonchev–Trinajstić information content (AvgIpc) is 3.89. The number of hydrogen-bond acceptors (Lipinski definition) is 3. The molecule has 59 heavy (non-hydrogen) atoms. The number of anilines is 1. The Balaban J connectivity index is 0.952. The lowest BCUT2D eigenvalue weighted by molar-refractivity contribution is 0.294. The molecule has 0 N–H and O–H groups in total. The highest BCUT2D eigenvalue weighted by molar-refractivity contribution is 7.17. The minimum Gasteiger partial charge on any atom is -0.464 e. The molecule has 12 rings (SSSR count). The van der Waals surface area contributed by atoms with Crippen LogP contribution in [0, 0.1) is 17.8 Å². The molecule has 1 aromatic heterocycles. The molecule has 4 unspecified atom stereocenters. The Kier molecular flexibility index (Phi) is 8.72. The topological polar surface area (TPSA) is 12.5 Å². The van der Waals surface area contributed by atoms with Crippen molar-refractivity contribution in [1.29, 1.82) is 0 Å². The molecular weight excluding hydrogens is 735 g/mol. The van der Waals surface area contributed by atoms with Crippen LogP contribution in [0.3, 0.4) is 0 Å². The van der Waals surface area contributed by atoms with Crippen molar-refractivity contribution in [2.45, 2.75) is 70.3 Å². The standard InChI is InChI=1S/C56H49NOS/c1-2-13-36(14-3-1)44-21-11-23-49-50-24-12-25-52(56(50)59-55(44)49)57(40-31-27-37(28-32-40)43-20-10-22-48-47-19-8-9-26-53(47)58-54(43)48)41-33-29-38(30-34-41)51-35-39-15-4-5-16-42(39)45-17-6-7-18-46(45)51/h1-4,6,8,10-11,13-15,17,19-21,23-24,27-33,35,41,46,48,51H,5,7,9,12,16,18,22,25-26,34H2. The van der Waals surface area contributed by atoms with Gasteiger partial charge in [-0.1, -0.05) is 140 Å². The van der Waals surface area contributed by atoms with Crippen LogP contribution in [0.25, 0.3) is 38.6 Å². The zero-order valence-electron chi connectivity index (χ0n) is 33.6. The van der Waals surface area contributed by atoms with Crippen molar-refractivity contribution in [3.63, 3.8) is 0 Å². The average molecular weight is 784 g/mol. The van der Waals surface area contributed by atoms with Crippen molar-refractivity contribution in [2.75, 3.05) is 4.90 Å². The molecule has 4 atom stereocenters. The highest BCUT2D eigenvalue weighted by atomic mass is 32.1. The van der Waals surface area contributed by atoms with Gasteiger partial charge in [0.2, 0.25) is 0 Å². The van der Waals surface area contributed by atoms with Gasteiger partial charge in [-0.15, -0.1) is 11.3 Å².